The molecule has 0 spiro atoms. The second-order valence-electron chi connectivity index (χ2n) is 17.3. The van der Waals surface area contributed by atoms with E-state index in [0.717, 1.165) is 38.5 Å². The van der Waals surface area contributed by atoms with Gasteiger partial charge < -0.3 is 26.6 Å². The van der Waals surface area contributed by atoms with Crippen molar-refractivity contribution in [2.24, 2.45) is 52.1 Å². The highest BCUT2D eigenvalue weighted by atomic mass is 16.2. The van der Waals surface area contributed by atoms with E-state index >= 15 is 0 Å². The number of nitrogens with zero attached hydrogens (tertiary/aromatic N) is 1. The number of amides is 5. The quantitative estimate of drug-likeness (QED) is 0.280. The van der Waals surface area contributed by atoms with Crippen LogP contribution in [0.3, 0.4) is 0 Å². The second kappa shape index (κ2) is 11.0. The predicted octanol–water partition coefficient (Wildman–Crippen LogP) is 3.27. The first-order valence-corrected chi connectivity index (χ1v) is 17.1. The lowest BCUT2D eigenvalue weighted by Crippen LogP contribution is -2.64. The van der Waals surface area contributed by atoms with Crippen molar-refractivity contribution in [3.8, 4) is 0 Å². The maximum Gasteiger partial charge on any atom is 0.315 e. The number of Topliss-reactive ketones (excluding diaryl/α,β-unsaturated/α-hetero) is 1. The highest BCUT2D eigenvalue weighted by Gasteiger charge is 2.69. The molecule has 5 amide bonds. The minimum atomic E-state index is -1.06. The Bertz CT molecular complexity index is 1180. The molecule has 0 aromatic carbocycles. The standard InChI is InChI=1S/C34H53N5O5/c1-32(2,3)16-24(37-31(44)38-34-13-19-9-20(14-34)11-21(10-19)15-34)30(43)39-17-22-25(33(22,4)5)26(39)29(42)36-23(27(40)28(35)41)12-18-7-6-8-18/h18-26H,6-17H2,1-5H3,(H2,35,41)(H,36,42)(H2,37,38,44)/t19?,20?,21?,22-,23-,24?,25?,26-,34?/m0/s1. The van der Waals surface area contributed by atoms with Crippen LogP contribution >= 0.6 is 0 Å². The van der Waals surface area contributed by atoms with Gasteiger partial charge in [0.05, 0.1) is 6.04 Å². The van der Waals surface area contributed by atoms with Crippen molar-refractivity contribution >= 4 is 29.5 Å². The SMILES string of the molecule is CC(C)(C)CC(NC(=O)NC12CC3CC(CC(C3)C1)C2)C(=O)N1C[C@H]2C([C@H]1C(=O)N[C@@H](CC1CCC1)C(=O)C(N)=O)C2(C)C. The summed E-state index contributed by atoms with van der Waals surface area (Å²) >= 11 is 0. The maximum atomic E-state index is 14.3. The van der Waals surface area contributed by atoms with E-state index in [9.17, 15) is 24.0 Å². The van der Waals surface area contributed by atoms with Crippen LogP contribution in [-0.4, -0.2) is 64.6 Å². The normalized spacial score (nSPS) is 36.1. The number of piperidine rings is 1. The van der Waals surface area contributed by atoms with Crippen LogP contribution in [0.2, 0.25) is 0 Å². The number of urea groups is 1. The van der Waals surface area contributed by atoms with Gasteiger partial charge in [-0.2, -0.15) is 0 Å². The smallest absolute Gasteiger partial charge is 0.315 e. The monoisotopic (exact) mass is 611 g/mol. The van der Waals surface area contributed by atoms with Gasteiger partial charge in [-0.1, -0.05) is 53.9 Å². The van der Waals surface area contributed by atoms with Crippen molar-refractivity contribution in [2.75, 3.05) is 6.54 Å². The Morgan fingerprint density at radius 2 is 1.50 bits per heavy atom. The van der Waals surface area contributed by atoms with Gasteiger partial charge in [0, 0.05) is 12.1 Å². The summed E-state index contributed by atoms with van der Waals surface area (Å²) in [5.41, 5.74) is 4.79. The van der Waals surface area contributed by atoms with Crippen LogP contribution in [0.25, 0.3) is 0 Å². The van der Waals surface area contributed by atoms with Gasteiger partial charge in [-0.05, 0) is 97.7 Å². The number of hydrogen-bond donors (Lipinski definition) is 4. The zero-order valence-corrected chi connectivity index (χ0v) is 27.2. The third kappa shape index (κ3) is 5.98. The summed E-state index contributed by atoms with van der Waals surface area (Å²) in [5, 5.41) is 9.26. The van der Waals surface area contributed by atoms with E-state index < -0.39 is 35.7 Å². The summed E-state index contributed by atoms with van der Waals surface area (Å²) in [4.78, 5) is 68.1. The lowest BCUT2D eigenvalue weighted by molar-refractivity contribution is -0.144. The topological polar surface area (TPSA) is 151 Å². The fourth-order valence-corrected chi connectivity index (χ4v) is 10.2. The fourth-order valence-electron chi connectivity index (χ4n) is 10.2. The van der Waals surface area contributed by atoms with Gasteiger partial charge in [0.2, 0.25) is 17.6 Å². The summed E-state index contributed by atoms with van der Waals surface area (Å²) in [6.45, 7) is 10.8. The lowest BCUT2D eigenvalue weighted by atomic mass is 9.53. The summed E-state index contributed by atoms with van der Waals surface area (Å²) in [5.74, 6) is -0.122. The minimum Gasteiger partial charge on any atom is -0.363 e. The number of carbonyl (C=O) groups is 5. The Morgan fingerprint density at radius 3 is 2.00 bits per heavy atom. The largest absolute Gasteiger partial charge is 0.363 e. The van der Waals surface area contributed by atoms with Gasteiger partial charge in [-0.15, -0.1) is 0 Å². The molecule has 0 aromatic heterocycles. The highest BCUT2D eigenvalue weighted by Crippen LogP contribution is 2.65. The molecule has 1 heterocycles. The summed E-state index contributed by atoms with van der Waals surface area (Å²) in [7, 11) is 0. The first-order chi connectivity index (χ1) is 20.5. The molecule has 44 heavy (non-hydrogen) atoms. The van der Waals surface area contributed by atoms with Crippen LogP contribution in [0, 0.1) is 46.3 Å². The van der Waals surface area contributed by atoms with E-state index in [-0.39, 0.29) is 46.1 Å². The molecule has 7 aliphatic rings. The van der Waals surface area contributed by atoms with Gasteiger partial charge in [0.1, 0.15) is 12.1 Å². The third-order valence-corrected chi connectivity index (χ3v) is 12.3. The molecule has 244 valence electrons. The molecule has 7 rings (SSSR count). The molecule has 4 bridgehead atoms. The average molecular weight is 612 g/mol. The van der Waals surface area contributed by atoms with E-state index in [1.807, 2.05) is 20.8 Å². The summed E-state index contributed by atoms with van der Waals surface area (Å²) in [6, 6.07) is -2.86. The van der Waals surface area contributed by atoms with Crippen molar-refractivity contribution in [1.29, 1.82) is 0 Å². The van der Waals surface area contributed by atoms with E-state index in [4.69, 9.17) is 5.73 Å². The van der Waals surface area contributed by atoms with Gasteiger partial charge in [0.25, 0.3) is 5.91 Å². The first-order valence-electron chi connectivity index (χ1n) is 17.1. The number of nitrogens with two attached hydrogens (primary N) is 1. The number of hydrogen-bond acceptors (Lipinski definition) is 5. The maximum absolute atomic E-state index is 14.3. The highest BCUT2D eigenvalue weighted by molar-refractivity contribution is 6.37. The van der Waals surface area contributed by atoms with Gasteiger partial charge in [-0.3, -0.25) is 19.2 Å². The predicted molar refractivity (Wildman–Crippen MR) is 165 cm³/mol. The Hall–Kier alpha value is -2.65. The van der Waals surface area contributed by atoms with E-state index in [1.165, 1.54) is 19.3 Å². The zero-order valence-electron chi connectivity index (χ0n) is 27.2. The number of likely N-dealkylation sites (tertiary alicyclic amines) is 1. The Kier molecular flexibility index (Phi) is 7.84. The number of ketones is 1. The van der Waals surface area contributed by atoms with Gasteiger partial charge >= 0.3 is 6.03 Å². The summed E-state index contributed by atoms with van der Waals surface area (Å²) in [6.07, 6.45) is 10.7. The van der Waals surface area contributed by atoms with Crippen LogP contribution in [0.1, 0.15) is 105 Å². The molecule has 10 nitrogen and oxygen atoms in total. The van der Waals surface area contributed by atoms with Crippen LogP contribution in [-0.2, 0) is 19.2 Å². The molecular weight excluding hydrogens is 558 g/mol. The molecule has 10 heteroatoms. The molecule has 6 saturated carbocycles. The number of rotatable bonds is 10. The van der Waals surface area contributed by atoms with Crippen molar-refractivity contribution in [3.05, 3.63) is 0 Å². The van der Waals surface area contributed by atoms with E-state index in [0.29, 0.717) is 37.1 Å². The molecule has 0 radical (unpaired) electrons. The van der Waals surface area contributed by atoms with Gasteiger partial charge in [-0.25, -0.2) is 4.79 Å². The van der Waals surface area contributed by atoms with E-state index in [1.54, 1.807) is 4.90 Å². The molecule has 1 aliphatic heterocycles. The third-order valence-electron chi connectivity index (χ3n) is 12.3. The van der Waals surface area contributed by atoms with Gasteiger partial charge in [0.15, 0.2) is 0 Å². The fraction of sp³-hybridized carbons (Fsp3) is 0.853. The first kappa shape index (κ1) is 31.3. The summed E-state index contributed by atoms with van der Waals surface area (Å²) < 4.78 is 0. The molecule has 0 aromatic rings. The van der Waals surface area contributed by atoms with E-state index in [2.05, 4.69) is 29.8 Å². The molecule has 2 unspecified atom stereocenters. The van der Waals surface area contributed by atoms with Crippen LogP contribution < -0.4 is 21.7 Å². The Labute approximate surface area is 261 Å². The Balaban J connectivity index is 1.18. The minimum absolute atomic E-state index is 0.0596. The van der Waals surface area contributed by atoms with Crippen LogP contribution in [0.4, 0.5) is 4.79 Å². The Morgan fingerprint density at radius 1 is 0.909 bits per heavy atom. The van der Waals surface area contributed by atoms with Crippen molar-refractivity contribution < 1.29 is 24.0 Å². The zero-order chi connectivity index (χ0) is 31.8. The molecule has 7 fully saturated rings. The number of nitrogens with one attached hydrogen (secondary N) is 3. The number of carbonyl (C=O) groups excluding carboxylic acids is 5. The lowest BCUT2D eigenvalue weighted by Gasteiger charge is -2.56. The number of fused-ring (bicyclic) bond motifs is 1. The molecule has 6 aliphatic carbocycles. The molecular formula is C34H53N5O5. The average Bonchev–Trinajstić information content (AvgIpc) is 3.19. The van der Waals surface area contributed by atoms with Crippen LogP contribution in [0.15, 0.2) is 0 Å². The van der Waals surface area contributed by atoms with Crippen molar-refractivity contribution in [2.45, 2.75) is 129 Å². The molecule has 5 N–H and O–H groups in total. The second-order valence-corrected chi connectivity index (χ2v) is 17.3. The van der Waals surface area contributed by atoms with Crippen molar-refractivity contribution in [1.82, 2.24) is 20.9 Å². The number of primary amides is 1. The van der Waals surface area contributed by atoms with Crippen LogP contribution in [0.5, 0.6) is 0 Å². The van der Waals surface area contributed by atoms with Crippen molar-refractivity contribution in [3.63, 3.8) is 0 Å². The molecule has 5 atom stereocenters. The molecule has 1 saturated heterocycles.